The number of fused-ring (bicyclic) bond motifs is 1. The van der Waals surface area contributed by atoms with Gasteiger partial charge in [0.15, 0.2) is 5.17 Å². The van der Waals surface area contributed by atoms with Crippen LogP contribution in [0.1, 0.15) is 31.2 Å². The molecule has 1 fully saturated rings. The van der Waals surface area contributed by atoms with Crippen LogP contribution in [0.5, 0.6) is 0 Å². The van der Waals surface area contributed by atoms with Crippen molar-refractivity contribution < 1.29 is 13.2 Å². The van der Waals surface area contributed by atoms with E-state index in [9.17, 15) is 13.2 Å². The van der Waals surface area contributed by atoms with E-state index in [1.165, 1.54) is 43.2 Å². The second kappa shape index (κ2) is 5.91. The highest BCUT2D eigenvalue weighted by Crippen LogP contribution is 2.37. The minimum atomic E-state index is -4.35. The van der Waals surface area contributed by atoms with Crippen LogP contribution < -0.4 is 5.32 Å². The highest BCUT2D eigenvalue weighted by molar-refractivity contribution is 8.14. The molecule has 1 aromatic rings. The number of para-hydroxylation sites is 1. The lowest BCUT2D eigenvalue weighted by molar-refractivity contribution is -0.136. The molecule has 1 saturated carbocycles. The van der Waals surface area contributed by atoms with Crippen molar-refractivity contribution in [2.75, 3.05) is 11.1 Å². The lowest BCUT2D eigenvalue weighted by Crippen LogP contribution is -2.32. The van der Waals surface area contributed by atoms with Gasteiger partial charge in [-0.15, -0.1) is 0 Å². The number of hydrogen-bond acceptors (Lipinski definition) is 3. The van der Waals surface area contributed by atoms with E-state index in [1.807, 2.05) is 0 Å². The van der Waals surface area contributed by atoms with Crippen LogP contribution in [-0.4, -0.2) is 17.0 Å². The molecule has 0 saturated heterocycles. The Kier molecular flexibility index (Phi) is 4.15. The van der Waals surface area contributed by atoms with Crippen molar-refractivity contribution >= 4 is 22.6 Å². The first-order valence-electron chi connectivity index (χ1n) is 7.18. The van der Waals surface area contributed by atoms with Gasteiger partial charge in [0.2, 0.25) is 0 Å². The van der Waals surface area contributed by atoms with Gasteiger partial charge in [0.25, 0.3) is 0 Å². The maximum Gasteiger partial charge on any atom is 0.418 e. The molecule has 2 atom stereocenters. The number of aliphatic imine (C=N–C) groups is 1. The van der Waals surface area contributed by atoms with Gasteiger partial charge in [-0.2, -0.15) is 13.2 Å². The van der Waals surface area contributed by atoms with Gasteiger partial charge in [-0.25, -0.2) is 0 Å². The van der Waals surface area contributed by atoms with E-state index in [2.05, 4.69) is 10.3 Å². The molecule has 6 heteroatoms. The van der Waals surface area contributed by atoms with Crippen molar-refractivity contribution in [3.63, 3.8) is 0 Å². The summed E-state index contributed by atoms with van der Waals surface area (Å²) < 4.78 is 39.0. The summed E-state index contributed by atoms with van der Waals surface area (Å²) in [7, 11) is 0. The van der Waals surface area contributed by atoms with E-state index < -0.39 is 11.7 Å². The molecule has 2 unspecified atom stereocenters. The maximum absolute atomic E-state index is 13.0. The summed E-state index contributed by atoms with van der Waals surface area (Å²) in [5.74, 6) is 1.54. The molecule has 3 rings (SSSR count). The van der Waals surface area contributed by atoms with E-state index in [4.69, 9.17) is 0 Å². The summed E-state index contributed by atoms with van der Waals surface area (Å²) in [6.07, 6.45) is 0.306. The number of anilines is 1. The Morgan fingerprint density at radius 1 is 1.14 bits per heavy atom. The molecule has 114 valence electrons. The number of amidine groups is 1. The van der Waals surface area contributed by atoms with Gasteiger partial charge < -0.3 is 5.32 Å². The zero-order valence-corrected chi connectivity index (χ0v) is 12.3. The van der Waals surface area contributed by atoms with Crippen molar-refractivity contribution in [3.05, 3.63) is 29.8 Å². The van der Waals surface area contributed by atoms with Crippen LogP contribution in [0.15, 0.2) is 29.3 Å². The van der Waals surface area contributed by atoms with Crippen LogP contribution in [0.2, 0.25) is 0 Å². The van der Waals surface area contributed by atoms with Crippen LogP contribution in [0.4, 0.5) is 18.9 Å². The van der Waals surface area contributed by atoms with Gasteiger partial charge in [-0.3, -0.25) is 4.99 Å². The third kappa shape index (κ3) is 3.36. The zero-order valence-electron chi connectivity index (χ0n) is 11.5. The summed E-state index contributed by atoms with van der Waals surface area (Å²) in [6.45, 7) is 0. The lowest BCUT2D eigenvalue weighted by atomic mass is 9.86. The number of nitrogens with zero attached hydrogens (tertiary/aromatic N) is 1. The molecular weight excluding hydrogens is 297 g/mol. The average molecular weight is 314 g/mol. The molecule has 0 spiro atoms. The highest BCUT2D eigenvalue weighted by Gasteiger charge is 2.34. The largest absolute Gasteiger partial charge is 0.418 e. The number of thioether (sulfide) groups is 1. The quantitative estimate of drug-likeness (QED) is 0.807. The number of benzene rings is 1. The highest BCUT2D eigenvalue weighted by atomic mass is 32.2. The molecular formula is C15H17F3N2S. The fourth-order valence-corrected chi connectivity index (χ4v) is 4.10. The Balaban J connectivity index is 1.80. The van der Waals surface area contributed by atoms with Crippen LogP contribution in [0.3, 0.4) is 0 Å². The van der Waals surface area contributed by atoms with Crippen molar-refractivity contribution in [2.45, 2.75) is 37.9 Å². The standard InChI is InChI=1S/C15H17F3N2S/c16-15(17,18)11-6-2-4-8-13(11)20-14-19-12-7-3-1-5-10(12)9-21-14/h2,4,6,8,10,12H,1,3,5,7,9H2,(H,19,20). The van der Waals surface area contributed by atoms with Crippen LogP contribution in [0, 0.1) is 5.92 Å². The number of halogens is 3. The third-order valence-electron chi connectivity index (χ3n) is 4.06. The summed E-state index contributed by atoms with van der Waals surface area (Å²) in [5, 5.41) is 3.50. The fourth-order valence-electron chi connectivity index (χ4n) is 2.95. The minimum Gasteiger partial charge on any atom is -0.334 e. The molecule has 1 aliphatic carbocycles. The van der Waals surface area contributed by atoms with Crippen LogP contribution >= 0.6 is 11.8 Å². The summed E-state index contributed by atoms with van der Waals surface area (Å²) >= 11 is 1.53. The van der Waals surface area contributed by atoms with Crippen molar-refractivity contribution in [3.8, 4) is 0 Å². The maximum atomic E-state index is 13.0. The minimum absolute atomic E-state index is 0.0884. The van der Waals surface area contributed by atoms with Gasteiger partial charge in [0.1, 0.15) is 0 Å². The van der Waals surface area contributed by atoms with E-state index in [0.717, 1.165) is 18.2 Å². The number of hydrogen-bond donors (Lipinski definition) is 1. The first kappa shape index (κ1) is 14.8. The second-order valence-electron chi connectivity index (χ2n) is 5.53. The van der Waals surface area contributed by atoms with Crippen molar-refractivity contribution in [1.82, 2.24) is 0 Å². The first-order chi connectivity index (χ1) is 10.0. The predicted molar refractivity (Wildman–Crippen MR) is 80.7 cm³/mol. The molecule has 1 aliphatic heterocycles. The number of nitrogens with one attached hydrogen (secondary N) is 1. The SMILES string of the molecule is FC(F)(F)c1ccccc1NC1=NC2CCCCC2CS1. The Bertz CT molecular complexity index is 542. The molecule has 0 bridgehead atoms. The molecule has 1 aromatic carbocycles. The molecule has 1 heterocycles. The van der Waals surface area contributed by atoms with E-state index in [0.29, 0.717) is 11.1 Å². The fraction of sp³-hybridized carbons (Fsp3) is 0.533. The van der Waals surface area contributed by atoms with E-state index in [-0.39, 0.29) is 11.7 Å². The predicted octanol–water partition coefficient (Wildman–Crippen LogP) is 4.78. The van der Waals surface area contributed by atoms with Crippen molar-refractivity contribution in [2.24, 2.45) is 10.9 Å². The second-order valence-corrected chi connectivity index (χ2v) is 6.53. The summed E-state index contributed by atoms with van der Waals surface area (Å²) in [6, 6.07) is 5.84. The topological polar surface area (TPSA) is 24.4 Å². The van der Waals surface area contributed by atoms with Crippen LogP contribution in [0.25, 0.3) is 0 Å². The summed E-state index contributed by atoms with van der Waals surface area (Å²) in [4.78, 5) is 4.62. The lowest BCUT2D eigenvalue weighted by Gasteiger charge is -2.33. The van der Waals surface area contributed by atoms with E-state index >= 15 is 0 Å². The Hall–Kier alpha value is -1.17. The molecule has 0 aromatic heterocycles. The molecule has 2 nitrogen and oxygen atoms in total. The van der Waals surface area contributed by atoms with Gasteiger partial charge >= 0.3 is 6.18 Å². The molecule has 2 aliphatic rings. The van der Waals surface area contributed by atoms with Gasteiger partial charge in [0.05, 0.1) is 17.3 Å². The average Bonchev–Trinajstić information content (AvgIpc) is 2.46. The molecule has 0 amide bonds. The number of rotatable bonds is 1. The van der Waals surface area contributed by atoms with Gasteiger partial charge in [-0.05, 0) is 30.9 Å². The van der Waals surface area contributed by atoms with Gasteiger partial charge in [0, 0.05) is 5.75 Å². The first-order valence-corrected chi connectivity index (χ1v) is 8.16. The van der Waals surface area contributed by atoms with Crippen molar-refractivity contribution in [1.29, 1.82) is 0 Å². The third-order valence-corrected chi connectivity index (χ3v) is 5.14. The zero-order chi connectivity index (χ0) is 14.9. The number of alkyl halides is 3. The van der Waals surface area contributed by atoms with Gasteiger partial charge in [-0.1, -0.05) is 36.7 Å². The molecule has 21 heavy (non-hydrogen) atoms. The monoisotopic (exact) mass is 314 g/mol. The molecule has 1 N–H and O–H groups in total. The Morgan fingerprint density at radius 3 is 2.71 bits per heavy atom. The Labute approximate surface area is 126 Å². The normalized spacial score (nSPS) is 26.0. The summed E-state index contributed by atoms with van der Waals surface area (Å²) in [5.41, 5.74) is -0.551. The van der Waals surface area contributed by atoms with Crippen LogP contribution in [-0.2, 0) is 6.18 Å². The Morgan fingerprint density at radius 2 is 1.90 bits per heavy atom. The smallest absolute Gasteiger partial charge is 0.334 e. The van der Waals surface area contributed by atoms with E-state index in [1.54, 1.807) is 6.07 Å². The molecule has 0 radical (unpaired) electrons.